The highest BCUT2D eigenvalue weighted by molar-refractivity contribution is 7.13. The van der Waals surface area contributed by atoms with Crippen LogP contribution in [-0.2, 0) is 6.54 Å². The van der Waals surface area contributed by atoms with Crippen molar-refractivity contribution < 1.29 is 4.79 Å². The molecule has 0 aliphatic carbocycles. The van der Waals surface area contributed by atoms with Crippen molar-refractivity contribution in [2.75, 3.05) is 0 Å². The predicted molar refractivity (Wildman–Crippen MR) is 107 cm³/mol. The number of benzene rings is 1. The summed E-state index contributed by atoms with van der Waals surface area (Å²) in [6.45, 7) is 0.391. The number of hydrogen-bond acceptors (Lipinski definition) is 4. The van der Waals surface area contributed by atoms with Crippen LogP contribution in [0.4, 0.5) is 0 Å². The predicted octanol–water partition coefficient (Wildman–Crippen LogP) is 4.58. The number of pyridine rings is 1. The molecule has 134 valence electrons. The lowest BCUT2D eigenvalue weighted by Crippen LogP contribution is -2.25. The van der Waals surface area contributed by atoms with Gasteiger partial charge in [-0.2, -0.15) is 5.10 Å². The number of amides is 1. The molecule has 0 spiro atoms. The van der Waals surface area contributed by atoms with Crippen molar-refractivity contribution in [1.29, 1.82) is 0 Å². The third kappa shape index (κ3) is 3.92. The maximum Gasteiger partial charge on any atom is 0.270 e. The summed E-state index contributed by atoms with van der Waals surface area (Å²) in [7, 11) is 0. The van der Waals surface area contributed by atoms with E-state index in [4.69, 9.17) is 11.6 Å². The summed E-state index contributed by atoms with van der Waals surface area (Å²) < 4.78 is 1.62. The monoisotopic (exact) mass is 394 g/mol. The molecule has 0 bridgehead atoms. The number of carbonyl (C=O) groups excluding carboxylic acids is 1. The lowest BCUT2D eigenvalue weighted by molar-refractivity contribution is 0.0943. The third-order valence-corrected chi connectivity index (χ3v) is 5.07. The Morgan fingerprint density at radius 2 is 2.07 bits per heavy atom. The molecule has 1 aromatic carbocycles. The summed E-state index contributed by atoms with van der Waals surface area (Å²) in [5, 5.41) is 10.1. The second-order valence-corrected chi connectivity index (χ2v) is 7.21. The molecule has 4 rings (SSSR count). The van der Waals surface area contributed by atoms with Gasteiger partial charge in [0.25, 0.3) is 5.91 Å². The first kappa shape index (κ1) is 17.5. The fraction of sp³-hybridized carbons (Fsp3) is 0.0500. The van der Waals surface area contributed by atoms with Crippen LogP contribution >= 0.6 is 22.9 Å². The fourth-order valence-corrected chi connectivity index (χ4v) is 3.53. The molecule has 0 atom stereocenters. The third-order valence-electron chi connectivity index (χ3n) is 3.94. The van der Waals surface area contributed by atoms with E-state index in [1.165, 1.54) is 0 Å². The topological polar surface area (TPSA) is 59.8 Å². The van der Waals surface area contributed by atoms with Crippen molar-refractivity contribution in [2.24, 2.45) is 0 Å². The zero-order chi connectivity index (χ0) is 18.6. The zero-order valence-electron chi connectivity index (χ0n) is 14.2. The molecule has 3 aromatic heterocycles. The Morgan fingerprint density at radius 3 is 2.81 bits per heavy atom. The highest BCUT2D eigenvalue weighted by Gasteiger charge is 2.18. The van der Waals surface area contributed by atoms with Gasteiger partial charge in [-0.15, -0.1) is 11.3 Å². The molecule has 3 heterocycles. The molecule has 7 heteroatoms. The van der Waals surface area contributed by atoms with Gasteiger partial charge >= 0.3 is 0 Å². The minimum Gasteiger partial charge on any atom is -0.347 e. The summed E-state index contributed by atoms with van der Waals surface area (Å²) in [6.07, 6.45) is 3.43. The van der Waals surface area contributed by atoms with Crippen LogP contribution in [0.25, 0.3) is 16.3 Å². The molecule has 0 radical (unpaired) electrons. The van der Waals surface area contributed by atoms with Gasteiger partial charge in [0.05, 0.1) is 10.6 Å². The molecule has 0 aliphatic heterocycles. The largest absolute Gasteiger partial charge is 0.347 e. The number of hydrogen-bond donors (Lipinski definition) is 1. The van der Waals surface area contributed by atoms with Crippen molar-refractivity contribution in [3.05, 3.63) is 88.7 Å². The molecule has 0 unspecified atom stereocenters. The van der Waals surface area contributed by atoms with Crippen LogP contribution in [0.2, 0.25) is 5.02 Å². The molecule has 5 nitrogen and oxygen atoms in total. The average molecular weight is 395 g/mol. The van der Waals surface area contributed by atoms with Crippen molar-refractivity contribution in [3.8, 4) is 16.3 Å². The number of aromatic nitrogens is 3. The van der Waals surface area contributed by atoms with Gasteiger partial charge in [0, 0.05) is 24.0 Å². The molecule has 0 saturated carbocycles. The molecule has 0 aliphatic rings. The van der Waals surface area contributed by atoms with Gasteiger partial charge in [-0.3, -0.25) is 9.78 Å². The van der Waals surface area contributed by atoms with Crippen molar-refractivity contribution in [1.82, 2.24) is 20.1 Å². The van der Waals surface area contributed by atoms with Crippen molar-refractivity contribution in [2.45, 2.75) is 6.54 Å². The molecule has 4 aromatic rings. The maximum absolute atomic E-state index is 12.9. The number of rotatable bonds is 5. The van der Waals surface area contributed by atoms with Crippen LogP contribution in [-0.4, -0.2) is 20.7 Å². The average Bonchev–Trinajstić information content (AvgIpc) is 3.36. The highest BCUT2D eigenvalue weighted by Crippen LogP contribution is 2.26. The molecular formula is C20H15ClN4OS. The number of carbonyl (C=O) groups is 1. The van der Waals surface area contributed by atoms with E-state index in [0.29, 0.717) is 17.3 Å². The summed E-state index contributed by atoms with van der Waals surface area (Å²) in [6, 6.07) is 16.8. The quantitative estimate of drug-likeness (QED) is 0.539. The Bertz CT molecular complexity index is 1060. The lowest BCUT2D eigenvalue weighted by Gasteiger charge is -2.08. The van der Waals surface area contributed by atoms with E-state index in [0.717, 1.165) is 21.8 Å². The highest BCUT2D eigenvalue weighted by atomic mass is 35.5. The van der Waals surface area contributed by atoms with Gasteiger partial charge in [0.15, 0.2) is 0 Å². The van der Waals surface area contributed by atoms with Gasteiger partial charge < -0.3 is 5.32 Å². The zero-order valence-corrected chi connectivity index (χ0v) is 15.7. The van der Waals surface area contributed by atoms with Gasteiger partial charge in [-0.05, 0) is 47.3 Å². The van der Waals surface area contributed by atoms with Crippen LogP contribution in [0.5, 0.6) is 0 Å². The van der Waals surface area contributed by atoms with Gasteiger partial charge in [-0.25, -0.2) is 4.68 Å². The number of halogens is 1. The first-order chi connectivity index (χ1) is 13.2. The Hall–Kier alpha value is -2.96. The number of nitrogens with zero attached hydrogens (tertiary/aromatic N) is 3. The normalized spacial score (nSPS) is 10.7. The van der Waals surface area contributed by atoms with E-state index in [1.807, 2.05) is 41.8 Å². The Balaban J connectivity index is 1.68. The molecule has 1 N–H and O–H groups in total. The van der Waals surface area contributed by atoms with Gasteiger partial charge in [0.1, 0.15) is 11.4 Å². The first-order valence-corrected chi connectivity index (χ1v) is 9.53. The van der Waals surface area contributed by atoms with Crippen LogP contribution in [0, 0.1) is 0 Å². The summed E-state index contributed by atoms with van der Waals surface area (Å²) >= 11 is 7.70. The van der Waals surface area contributed by atoms with Crippen LogP contribution in [0.15, 0.2) is 72.4 Å². The summed E-state index contributed by atoms with van der Waals surface area (Å²) in [5.41, 5.74) is 2.86. The standard InChI is InChI=1S/C20H15ClN4OS/c21-15-5-1-6-16(10-15)25-18(11-17(24-25)19-7-3-9-27-19)20(26)23-13-14-4-2-8-22-12-14/h1-12H,13H2,(H,23,26). The van der Waals surface area contributed by atoms with E-state index in [9.17, 15) is 4.79 Å². The van der Waals surface area contributed by atoms with E-state index >= 15 is 0 Å². The van der Waals surface area contributed by atoms with Crippen LogP contribution in [0.1, 0.15) is 16.1 Å². The Labute approximate surface area is 165 Å². The number of thiophene rings is 1. The second kappa shape index (κ2) is 7.73. The number of nitrogens with one attached hydrogen (secondary N) is 1. The van der Waals surface area contributed by atoms with Crippen LogP contribution < -0.4 is 5.32 Å². The smallest absolute Gasteiger partial charge is 0.270 e. The molecule has 1 amide bonds. The first-order valence-electron chi connectivity index (χ1n) is 8.28. The van der Waals surface area contributed by atoms with Gasteiger partial charge in [0.2, 0.25) is 0 Å². The lowest BCUT2D eigenvalue weighted by atomic mass is 10.2. The Morgan fingerprint density at radius 1 is 1.15 bits per heavy atom. The summed E-state index contributed by atoms with van der Waals surface area (Å²) in [4.78, 5) is 17.9. The SMILES string of the molecule is O=C(NCc1cccnc1)c1cc(-c2cccs2)nn1-c1cccc(Cl)c1. The fourth-order valence-electron chi connectivity index (χ4n) is 2.67. The van der Waals surface area contributed by atoms with Crippen molar-refractivity contribution in [3.63, 3.8) is 0 Å². The molecule has 0 saturated heterocycles. The maximum atomic E-state index is 12.9. The second-order valence-electron chi connectivity index (χ2n) is 5.83. The summed E-state index contributed by atoms with van der Waals surface area (Å²) in [5.74, 6) is -0.214. The van der Waals surface area contributed by atoms with Crippen molar-refractivity contribution >= 4 is 28.8 Å². The minimum atomic E-state index is -0.214. The molecule has 0 fully saturated rings. The van der Waals surface area contributed by atoms with E-state index in [1.54, 1.807) is 46.6 Å². The minimum absolute atomic E-state index is 0.214. The van der Waals surface area contributed by atoms with E-state index < -0.39 is 0 Å². The molecule has 27 heavy (non-hydrogen) atoms. The van der Waals surface area contributed by atoms with Crippen LogP contribution in [0.3, 0.4) is 0 Å². The van der Waals surface area contributed by atoms with Gasteiger partial charge in [-0.1, -0.05) is 29.8 Å². The molecular weight excluding hydrogens is 380 g/mol. The van der Waals surface area contributed by atoms with E-state index in [-0.39, 0.29) is 5.91 Å². The van der Waals surface area contributed by atoms with E-state index in [2.05, 4.69) is 15.4 Å². The Kier molecular flexibility index (Phi) is 5.00.